The fourth-order valence-electron chi connectivity index (χ4n) is 3.47. The Balaban J connectivity index is 1.81. The molecular formula is C18H32N2. The van der Waals surface area contributed by atoms with Crippen LogP contribution < -0.4 is 10.6 Å². The lowest BCUT2D eigenvalue weighted by molar-refractivity contribution is 0.307. The van der Waals surface area contributed by atoms with Gasteiger partial charge in [-0.3, -0.25) is 0 Å². The summed E-state index contributed by atoms with van der Waals surface area (Å²) in [4.78, 5) is 0. The normalized spacial score (nSPS) is 24.1. The third kappa shape index (κ3) is 5.70. The van der Waals surface area contributed by atoms with Crippen molar-refractivity contribution in [2.24, 2.45) is 5.92 Å². The van der Waals surface area contributed by atoms with E-state index in [1.807, 2.05) is 0 Å². The summed E-state index contributed by atoms with van der Waals surface area (Å²) in [5, 5.41) is 7.25. The standard InChI is InChI=1S/C18H32N2/c1-2-3-4-9-16(14-17-10-5-7-12-19-17)15-18-11-6-8-13-20-18/h5,7,10,16,18-20H,2-4,6,8-9,11-15H2,1H3. The first-order chi connectivity index (χ1) is 9.88. The minimum atomic E-state index is 0.773. The highest BCUT2D eigenvalue weighted by Gasteiger charge is 2.19. The number of unbranched alkanes of at least 4 members (excludes halogenated alkanes) is 2. The van der Waals surface area contributed by atoms with Gasteiger partial charge in [0, 0.05) is 18.3 Å². The van der Waals surface area contributed by atoms with Crippen molar-refractivity contribution in [3.63, 3.8) is 0 Å². The Morgan fingerprint density at radius 1 is 1.30 bits per heavy atom. The van der Waals surface area contributed by atoms with Gasteiger partial charge in [-0.2, -0.15) is 0 Å². The second-order valence-electron chi connectivity index (χ2n) is 6.45. The van der Waals surface area contributed by atoms with E-state index in [1.54, 1.807) is 0 Å². The van der Waals surface area contributed by atoms with Gasteiger partial charge in [-0.15, -0.1) is 0 Å². The highest BCUT2D eigenvalue weighted by atomic mass is 14.9. The Bertz CT molecular complexity index is 313. The molecule has 1 saturated heterocycles. The monoisotopic (exact) mass is 276 g/mol. The zero-order valence-corrected chi connectivity index (χ0v) is 13.2. The van der Waals surface area contributed by atoms with Gasteiger partial charge in [0.05, 0.1) is 0 Å². The smallest absolute Gasteiger partial charge is 0.0330 e. The van der Waals surface area contributed by atoms with E-state index in [4.69, 9.17) is 0 Å². The van der Waals surface area contributed by atoms with Gasteiger partial charge in [0.25, 0.3) is 0 Å². The van der Waals surface area contributed by atoms with Gasteiger partial charge in [-0.25, -0.2) is 0 Å². The number of nitrogens with one attached hydrogen (secondary N) is 2. The molecule has 0 aromatic rings. The molecule has 2 aliphatic heterocycles. The van der Waals surface area contributed by atoms with Crippen LogP contribution in [0, 0.1) is 5.92 Å². The molecule has 0 aliphatic carbocycles. The molecule has 2 rings (SSSR count). The van der Waals surface area contributed by atoms with Crippen molar-refractivity contribution in [2.45, 2.75) is 70.8 Å². The van der Waals surface area contributed by atoms with Crippen LogP contribution in [0.2, 0.25) is 0 Å². The van der Waals surface area contributed by atoms with Gasteiger partial charge in [0.2, 0.25) is 0 Å². The second kappa shape index (κ2) is 9.23. The summed E-state index contributed by atoms with van der Waals surface area (Å²) in [6.07, 6.45) is 19.0. The molecule has 2 nitrogen and oxygen atoms in total. The number of hydrogen-bond acceptors (Lipinski definition) is 2. The average molecular weight is 276 g/mol. The van der Waals surface area contributed by atoms with E-state index in [0.29, 0.717) is 0 Å². The van der Waals surface area contributed by atoms with Gasteiger partial charge in [-0.1, -0.05) is 51.2 Å². The van der Waals surface area contributed by atoms with Crippen LogP contribution in [0.5, 0.6) is 0 Å². The van der Waals surface area contributed by atoms with Crippen LogP contribution in [-0.2, 0) is 0 Å². The fraction of sp³-hybridized carbons (Fsp3) is 0.778. The van der Waals surface area contributed by atoms with Crippen molar-refractivity contribution in [1.82, 2.24) is 10.6 Å². The van der Waals surface area contributed by atoms with E-state index in [1.165, 1.54) is 70.0 Å². The number of piperidine rings is 1. The summed E-state index contributed by atoms with van der Waals surface area (Å²) in [6.45, 7) is 4.54. The van der Waals surface area contributed by atoms with Crippen LogP contribution in [-0.4, -0.2) is 19.1 Å². The Morgan fingerprint density at radius 3 is 2.95 bits per heavy atom. The fourth-order valence-corrected chi connectivity index (χ4v) is 3.47. The molecule has 2 unspecified atom stereocenters. The maximum Gasteiger partial charge on any atom is 0.0330 e. The third-order valence-electron chi connectivity index (χ3n) is 4.64. The quantitative estimate of drug-likeness (QED) is 0.651. The minimum Gasteiger partial charge on any atom is -0.385 e. The van der Waals surface area contributed by atoms with Crippen molar-refractivity contribution in [3.05, 3.63) is 23.9 Å². The van der Waals surface area contributed by atoms with Crippen molar-refractivity contribution in [3.8, 4) is 0 Å². The molecule has 2 aliphatic rings. The molecule has 2 N–H and O–H groups in total. The SMILES string of the molecule is CCCCCC(CC1=CC=CCN1)CC1CCCCN1. The zero-order chi connectivity index (χ0) is 14.0. The van der Waals surface area contributed by atoms with Gasteiger partial charge >= 0.3 is 0 Å². The third-order valence-corrected chi connectivity index (χ3v) is 4.64. The Kier molecular flexibility index (Phi) is 7.21. The Morgan fingerprint density at radius 2 is 2.25 bits per heavy atom. The number of allylic oxidation sites excluding steroid dienone is 3. The molecule has 0 saturated carbocycles. The van der Waals surface area contributed by atoms with Crippen LogP contribution in [0.1, 0.15) is 64.7 Å². The van der Waals surface area contributed by atoms with Crippen molar-refractivity contribution in [1.29, 1.82) is 0 Å². The number of hydrogen-bond donors (Lipinski definition) is 2. The van der Waals surface area contributed by atoms with E-state index in [-0.39, 0.29) is 0 Å². The molecule has 2 atom stereocenters. The largest absolute Gasteiger partial charge is 0.385 e. The summed E-state index contributed by atoms with van der Waals surface area (Å²) in [6, 6.07) is 0.773. The van der Waals surface area contributed by atoms with Gasteiger partial charge < -0.3 is 10.6 Å². The van der Waals surface area contributed by atoms with Crippen molar-refractivity contribution in [2.75, 3.05) is 13.1 Å². The average Bonchev–Trinajstić information content (AvgIpc) is 2.49. The first-order valence-electron chi connectivity index (χ1n) is 8.71. The Labute approximate surface area is 125 Å². The molecule has 20 heavy (non-hydrogen) atoms. The van der Waals surface area contributed by atoms with Gasteiger partial charge in [0.15, 0.2) is 0 Å². The molecule has 1 fully saturated rings. The van der Waals surface area contributed by atoms with Gasteiger partial charge in [-0.05, 0) is 44.2 Å². The lowest BCUT2D eigenvalue weighted by Crippen LogP contribution is -2.36. The highest BCUT2D eigenvalue weighted by Crippen LogP contribution is 2.25. The predicted molar refractivity (Wildman–Crippen MR) is 87.7 cm³/mol. The van der Waals surface area contributed by atoms with Crippen LogP contribution in [0.3, 0.4) is 0 Å². The lowest BCUT2D eigenvalue weighted by Gasteiger charge is -2.29. The van der Waals surface area contributed by atoms with E-state index in [0.717, 1.165) is 18.5 Å². The summed E-state index contributed by atoms with van der Waals surface area (Å²) in [5.41, 5.74) is 1.45. The summed E-state index contributed by atoms with van der Waals surface area (Å²) in [7, 11) is 0. The minimum absolute atomic E-state index is 0.773. The first kappa shape index (κ1) is 15.6. The molecule has 0 radical (unpaired) electrons. The van der Waals surface area contributed by atoms with Crippen LogP contribution >= 0.6 is 0 Å². The first-order valence-corrected chi connectivity index (χ1v) is 8.71. The molecule has 0 aromatic carbocycles. The molecule has 0 spiro atoms. The predicted octanol–water partition coefficient (Wildman–Crippen LogP) is 4.15. The van der Waals surface area contributed by atoms with Gasteiger partial charge in [0.1, 0.15) is 0 Å². The second-order valence-corrected chi connectivity index (χ2v) is 6.45. The van der Waals surface area contributed by atoms with E-state index in [2.05, 4.69) is 35.8 Å². The molecule has 0 bridgehead atoms. The van der Waals surface area contributed by atoms with Crippen LogP contribution in [0.4, 0.5) is 0 Å². The van der Waals surface area contributed by atoms with E-state index >= 15 is 0 Å². The summed E-state index contributed by atoms with van der Waals surface area (Å²) in [5.74, 6) is 0.849. The van der Waals surface area contributed by atoms with Crippen molar-refractivity contribution < 1.29 is 0 Å². The molecule has 2 heteroatoms. The number of rotatable bonds is 8. The molecule has 2 heterocycles. The Hall–Kier alpha value is -0.760. The molecular weight excluding hydrogens is 244 g/mol. The topological polar surface area (TPSA) is 24.1 Å². The van der Waals surface area contributed by atoms with Crippen molar-refractivity contribution >= 4 is 0 Å². The number of dihydropyridines is 1. The summed E-state index contributed by atoms with van der Waals surface area (Å²) >= 11 is 0. The maximum atomic E-state index is 3.72. The van der Waals surface area contributed by atoms with Crippen LogP contribution in [0.25, 0.3) is 0 Å². The summed E-state index contributed by atoms with van der Waals surface area (Å²) < 4.78 is 0. The molecule has 0 amide bonds. The lowest BCUT2D eigenvalue weighted by atomic mass is 9.87. The van der Waals surface area contributed by atoms with Crippen LogP contribution in [0.15, 0.2) is 23.9 Å². The van der Waals surface area contributed by atoms with E-state index < -0.39 is 0 Å². The van der Waals surface area contributed by atoms with E-state index in [9.17, 15) is 0 Å². The highest BCUT2D eigenvalue weighted by molar-refractivity contribution is 5.17. The molecule has 114 valence electrons. The maximum absolute atomic E-state index is 3.72. The molecule has 0 aromatic heterocycles. The zero-order valence-electron chi connectivity index (χ0n) is 13.2.